The molecule has 0 aliphatic rings. The van der Waals surface area contributed by atoms with Crippen molar-refractivity contribution >= 4 is 35.1 Å². The fraction of sp³-hybridized carbons (Fsp3) is 0.118. The molecule has 0 fully saturated rings. The fourth-order valence-electron chi connectivity index (χ4n) is 1.79. The van der Waals surface area contributed by atoms with E-state index in [4.69, 9.17) is 27.9 Å². The van der Waals surface area contributed by atoms with Crippen LogP contribution in [-0.2, 0) is 0 Å². The summed E-state index contributed by atoms with van der Waals surface area (Å²) >= 11 is 12.0. The molecule has 0 N–H and O–H groups in total. The Kier molecular flexibility index (Phi) is 5.43. The van der Waals surface area contributed by atoms with Gasteiger partial charge in [-0.2, -0.15) is 0 Å². The molecule has 2 nitrogen and oxygen atoms in total. The van der Waals surface area contributed by atoms with Crippen molar-refractivity contribution in [2.24, 2.45) is 0 Å². The van der Waals surface area contributed by atoms with Crippen molar-refractivity contribution in [3.05, 3.63) is 69.7 Å². The number of carbonyl (C=O) groups is 1. The van der Waals surface area contributed by atoms with E-state index in [1.165, 1.54) is 6.08 Å². The zero-order chi connectivity index (χ0) is 15.2. The standard InChI is InChI=1S/C17H14Cl2O2/c1-2-21-14-9-6-12(7-10-14)16(20)11-8-13-4-3-5-15(18)17(13)19/h3-11H,2H2,1H3/b11-8+. The molecule has 0 radical (unpaired) electrons. The number of carbonyl (C=O) groups excluding carboxylic acids is 1. The van der Waals surface area contributed by atoms with Gasteiger partial charge in [-0.1, -0.05) is 35.3 Å². The molecule has 2 aromatic carbocycles. The maximum atomic E-state index is 12.1. The lowest BCUT2D eigenvalue weighted by Crippen LogP contribution is -1.95. The summed E-state index contributed by atoms with van der Waals surface area (Å²) in [4.78, 5) is 12.1. The summed E-state index contributed by atoms with van der Waals surface area (Å²) in [5.41, 5.74) is 1.30. The second kappa shape index (κ2) is 7.30. The minimum absolute atomic E-state index is 0.103. The largest absolute Gasteiger partial charge is 0.494 e. The molecule has 2 rings (SSSR count). The zero-order valence-corrected chi connectivity index (χ0v) is 13.0. The first-order chi connectivity index (χ1) is 10.1. The van der Waals surface area contributed by atoms with Crippen LogP contribution < -0.4 is 4.74 Å². The number of ketones is 1. The predicted octanol–water partition coefficient (Wildman–Crippen LogP) is 5.29. The molecule has 21 heavy (non-hydrogen) atoms. The Morgan fingerprint density at radius 3 is 2.52 bits per heavy atom. The van der Waals surface area contributed by atoms with Gasteiger partial charge in [-0.3, -0.25) is 4.79 Å². The molecule has 0 aliphatic carbocycles. The van der Waals surface area contributed by atoms with Crippen LogP contribution in [0.5, 0.6) is 5.75 Å². The highest BCUT2D eigenvalue weighted by Gasteiger charge is 2.04. The molecule has 0 aromatic heterocycles. The van der Waals surface area contributed by atoms with Gasteiger partial charge in [0.2, 0.25) is 0 Å². The van der Waals surface area contributed by atoms with E-state index in [1.54, 1.807) is 48.5 Å². The predicted molar refractivity (Wildman–Crippen MR) is 87.4 cm³/mol. The van der Waals surface area contributed by atoms with Gasteiger partial charge in [-0.15, -0.1) is 0 Å². The van der Waals surface area contributed by atoms with Crippen LogP contribution in [-0.4, -0.2) is 12.4 Å². The highest BCUT2D eigenvalue weighted by molar-refractivity contribution is 6.42. The van der Waals surface area contributed by atoms with Gasteiger partial charge < -0.3 is 4.74 Å². The third kappa shape index (κ3) is 4.10. The molecule has 108 valence electrons. The van der Waals surface area contributed by atoms with Crippen LogP contribution in [0, 0.1) is 0 Å². The van der Waals surface area contributed by atoms with Crippen molar-refractivity contribution < 1.29 is 9.53 Å². The van der Waals surface area contributed by atoms with Crippen LogP contribution in [0.1, 0.15) is 22.8 Å². The van der Waals surface area contributed by atoms with E-state index in [0.29, 0.717) is 27.8 Å². The average Bonchev–Trinajstić information content (AvgIpc) is 2.49. The van der Waals surface area contributed by atoms with Crippen LogP contribution in [0.25, 0.3) is 6.08 Å². The molecule has 2 aromatic rings. The summed E-state index contributed by atoms with van der Waals surface area (Å²) in [5.74, 6) is 0.644. The van der Waals surface area contributed by atoms with Crippen LogP contribution in [0.15, 0.2) is 48.5 Å². The normalized spacial score (nSPS) is 10.8. The summed E-state index contributed by atoms with van der Waals surface area (Å²) in [7, 11) is 0. The maximum Gasteiger partial charge on any atom is 0.185 e. The molecule has 0 saturated heterocycles. The first-order valence-corrected chi connectivity index (χ1v) is 7.26. The third-order valence-electron chi connectivity index (χ3n) is 2.85. The molecule has 0 unspecified atom stereocenters. The molecule has 4 heteroatoms. The summed E-state index contributed by atoms with van der Waals surface area (Å²) in [5, 5.41) is 0.905. The maximum absolute atomic E-state index is 12.1. The molecule has 0 spiro atoms. The Morgan fingerprint density at radius 2 is 1.86 bits per heavy atom. The van der Waals surface area contributed by atoms with E-state index < -0.39 is 0 Å². The zero-order valence-electron chi connectivity index (χ0n) is 11.5. The molecule has 0 bridgehead atoms. The lowest BCUT2D eigenvalue weighted by atomic mass is 10.1. The van der Waals surface area contributed by atoms with E-state index in [9.17, 15) is 4.79 Å². The number of hydrogen-bond donors (Lipinski definition) is 0. The van der Waals surface area contributed by atoms with E-state index in [1.807, 2.05) is 6.92 Å². The Hall–Kier alpha value is -1.77. The van der Waals surface area contributed by atoms with E-state index >= 15 is 0 Å². The Bertz CT molecular complexity index is 661. The van der Waals surface area contributed by atoms with Gasteiger partial charge in [0.25, 0.3) is 0 Å². The van der Waals surface area contributed by atoms with Crippen molar-refractivity contribution in [3.8, 4) is 5.75 Å². The fourth-order valence-corrected chi connectivity index (χ4v) is 2.16. The quantitative estimate of drug-likeness (QED) is 0.552. The highest BCUT2D eigenvalue weighted by Crippen LogP contribution is 2.26. The molecule has 0 amide bonds. The lowest BCUT2D eigenvalue weighted by molar-refractivity contribution is 0.104. The minimum Gasteiger partial charge on any atom is -0.494 e. The van der Waals surface area contributed by atoms with Gasteiger partial charge >= 0.3 is 0 Å². The van der Waals surface area contributed by atoms with Gasteiger partial charge in [-0.05, 0) is 55.0 Å². The molecule has 0 atom stereocenters. The van der Waals surface area contributed by atoms with E-state index in [2.05, 4.69) is 0 Å². The summed E-state index contributed by atoms with van der Waals surface area (Å²) in [6, 6.07) is 12.3. The monoisotopic (exact) mass is 320 g/mol. The molecule has 0 saturated carbocycles. The smallest absolute Gasteiger partial charge is 0.185 e. The van der Waals surface area contributed by atoms with Gasteiger partial charge in [0.05, 0.1) is 16.7 Å². The van der Waals surface area contributed by atoms with Crippen LogP contribution >= 0.6 is 23.2 Å². The molecular formula is C17H14Cl2O2. The van der Waals surface area contributed by atoms with E-state index in [0.717, 1.165) is 5.75 Å². The number of allylic oxidation sites excluding steroid dienone is 1. The second-order valence-corrected chi connectivity index (χ2v) is 5.08. The van der Waals surface area contributed by atoms with Crippen molar-refractivity contribution in [3.63, 3.8) is 0 Å². The Balaban J connectivity index is 2.13. The lowest BCUT2D eigenvalue weighted by Gasteiger charge is -2.03. The first kappa shape index (κ1) is 15.6. The number of benzene rings is 2. The van der Waals surface area contributed by atoms with Crippen molar-refractivity contribution in [2.45, 2.75) is 6.92 Å². The van der Waals surface area contributed by atoms with Gasteiger partial charge in [0, 0.05) is 5.56 Å². The molecular weight excluding hydrogens is 307 g/mol. The van der Waals surface area contributed by atoms with Crippen molar-refractivity contribution in [1.29, 1.82) is 0 Å². The molecule has 0 heterocycles. The van der Waals surface area contributed by atoms with Gasteiger partial charge in [0.15, 0.2) is 5.78 Å². The van der Waals surface area contributed by atoms with Gasteiger partial charge in [-0.25, -0.2) is 0 Å². The van der Waals surface area contributed by atoms with Crippen LogP contribution in [0.4, 0.5) is 0 Å². The summed E-state index contributed by atoms with van der Waals surface area (Å²) < 4.78 is 5.34. The Labute approximate surface area is 134 Å². The number of halogens is 2. The second-order valence-electron chi connectivity index (χ2n) is 4.30. The number of hydrogen-bond acceptors (Lipinski definition) is 2. The number of ether oxygens (including phenoxy) is 1. The van der Waals surface area contributed by atoms with Crippen LogP contribution in [0.2, 0.25) is 10.0 Å². The van der Waals surface area contributed by atoms with Crippen molar-refractivity contribution in [2.75, 3.05) is 6.61 Å². The minimum atomic E-state index is -0.103. The molecule has 0 aliphatic heterocycles. The summed E-state index contributed by atoms with van der Waals surface area (Å²) in [6.45, 7) is 2.51. The average molecular weight is 321 g/mol. The van der Waals surface area contributed by atoms with Crippen molar-refractivity contribution in [1.82, 2.24) is 0 Å². The third-order valence-corrected chi connectivity index (χ3v) is 3.68. The topological polar surface area (TPSA) is 26.3 Å². The first-order valence-electron chi connectivity index (χ1n) is 6.51. The van der Waals surface area contributed by atoms with Crippen LogP contribution in [0.3, 0.4) is 0 Å². The Morgan fingerprint density at radius 1 is 1.14 bits per heavy atom. The van der Waals surface area contributed by atoms with E-state index in [-0.39, 0.29) is 5.78 Å². The SMILES string of the molecule is CCOc1ccc(C(=O)/C=C/c2cccc(Cl)c2Cl)cc1. The number of rotatable bonds is 5. The highest BCUT2D eigenvalue weighted by atomic mass is 35.5. The van der Waals surface area contributed by atoms with Gasteiger partial charge in [0.1, 0.15) is 5.75 Å². The summed E-state index contributed by atoms with van der Waals surface area (Å²) in [6.07, 6.45) is 3.14.